The standard InChI is InChI=1S/C20H20N4O3/c1-26-14-8-6-13(7-9-14)12-21-20(25)18-10-15(27-24-18)11-19-22-16-4-2-3-5-17(16)23-19/h2-9,15H,10-12H2,1H3,(H,21,25)(H,22,23)/t15-/m1/s1. The number of methoxy groups -OCH3 is 1. The highest BCUT2D eigenvalue weighted by Gasteiger charge is 2.27. The molecule has 138 valence electrons. The lowest BCUT2D eigenvalue weighted by Gasteiger charge is -2.06. The summed E-state index contributed by atoms with van der Waals surface area (Å²) in [5, 5.41) is 6.82. The molecule has 1 aliphatic heterocycles. The van der Waals surface area contributed by atoms with Crippen LogP contribution in [0.15, 0.2) is 53.7 Å². The van der Waals surface area contributed by atoms with E-state index in [1.54, 1.807) is 7.11 Å². The molecule has 0 bridgehead atoms. The van der Waals surface area contributed by atoms with Crippen LogP contribution in [0.2, 0.25) is 0 Å². The molecular weight excluding hydrogens is 344 g/mol. The molecule has 3 aromatic rings. The van der Waals surface area contributed by atoms with Gasteiger partial charge in [0, 0.05) is 19.4 Å². The summed E-state index contributed by atoms with van der Waals surface area (Å²) in [5.74, 6) is 1.40. The van der Waals surface area contributed by atoms with Gasteiger partial charge in [0.2, 0.25) is 0 Å². The molecule has 2 aromatic carbocycles. The molecule has 7 nitrogen and oxygen atoms in total. The maximum Gasteiger partial charge on any atom is 0.269 e. The number of aromatic nitrogens is 2. The molecule has 1 amide bonds. The molecular formula is C20H20N4O3. The molecule has 0 unspecified atom stereocenters. The van der Waals surface area contributed by atoms with E-state index in [1.807, 2.05) is 48.5 Å². The minimum Gasteiger partial charge on any atom is -0.497 e. The van der Waals surface area contributed by atoms with Crippen LogP contribution in [0.25, 0.3) is 11.0 Å². The van der Waals surface area contributed by atoms with Gasteiger partial charge >= 0.3 is 0 Å². The van der Waals surface area contributed by atoms with Gasteiger partial charge < -0.3 is 19.9 Å². The Bertz CT molecular complexity index is 945. The maximum atomic E-state index is 12.3. The highest BCUT2D eigenvalue weighted by atomic mass is 16.6. The van der Waals surface area contributed by atoms with Crippen LogP contribution in [0.1, 0.15) is 17.8 Å². The molecule has 2 N–H and O–H groups in total. The number of amides is 1. The van der Waals surface area contributed by atoms with Crippen LogP contribution in [-0.2, 0) is 22.6 Å². The topological polar surface area (TPSA) is 88.6 Å². The van der Waals surface area contributed by atoms with E-state index in [2.05, 4.69) is 20.4 Å². The van der Waals surface area contributed by atoms with E-state index in [9.17, 15) is 4.79 Å². The summed E-state index contributed by atoms with van der Waals surface area (Å²) in [6.45, 7) is 0.427. The first-order valence-corrected chi connectivity index (χ1v) is 8.79. The number of imidazole rings is 1. The van der Waals surface area contributed by atoms with Gasteiger partial charge in [-0.25, -0.2) is 4.98 Å². The summed E-state index contributed by atoms with van der Waals surface area (Å²) in [6.07, 6.45) is 0.853. The average molecular weight is 364 g/mol. The number of carbonyl (C=O) groups is 1. The van der Waals surface area contributed by atoms with Crippen molar-refractivity contribution in [2.45, 2.75) is 25.5 Å². The zero-order chi connectivity index (χ0) is 18.6. The van der Waals surface area contributed by atoms with Crippen LogP contribution in [0.4, 0.5) is 0 Å². The van der Waals surface area contributed by atoms with Crippen LogP contribution in [0.5, 0.6) is 5.75 Å². The van der Waals surface area contributed by atoms with E-state index < -0.39 is 0 Å². The van der Waals surface area contributed by atoms with Crippen LogP contribution in [0.3, 0.4) is 0 Å². The zero-order valence-corrected chi connectivity index (χ0v) is 14.9. The summed E-state index contributed by atoms with van der Waals surface area (Å²) in [7, 11) is 1.62. The molecule has 0 saturated heterocycles. The average Bonchev–Trinajstić information content (AvgIpc) is 3.33. The molecule has 0 radical (unpaired) electrons. The number of hydrogen-bond acceptors (Lipinski definition) is 5. The number of hydrogen-bond donors (Lipinski definition) is 2. The number of ether oxygens (including phenoxy) is 1. The van der Waals surface area contributed by atoms with Crippen molar-refractivity contribution in [3.05, 3.63) is 59.9 Å². The SMILES string of the molecule is COc1ccc(CNC(=O)C2=NO[C@@H](Cc3nc4ccccc4[nH]3)C2)cc1. The van der Waals surface area contributed by atoms with Crippen molar-refractivity contribution in [1.82, 2.24) is 15.3 Å². The van der Waals surface area contributed by atoms with Crippen LogP contribution < -0.4 is 10.1 Å². The monoisotopic (exact) mass is 364 g/mol. The van der Waals surface area contributed by atoms with Gasteiger partial charge in [-0.15, -0.1) is 0 Å². The third kappa shape index (κ3) is 3.92. The Labute approximate surface area is 156 Å². The molecule has 2 heterocycles. The van der Waals surface area contributed by atoms with E-state index in [0.29, 0.717) is 25.1 Å². The van der Waals surface area contributed by atoms with Crippen molar-refractivity contribution < 1.29 is 14.4 Å². The number of aromatic amines is 1. The summed E-state index contributed by atoms with van der Waals surface area (Å²) in [5.41, 5.74) is 3.31. The number of para-hydroxylation sites is 2. The first-order chi connectivity index (χ1) is 13.2. The number of fused-ring (bicyclic) bond motifs is 1. The Morgan fingerprint density at radius 3 is 2.85 bits per heavy atom. The molecule has 1 aliphatic rings. The second-order valence-electron chi connectivity index (χ2n) is 6.41. The Hall–Kier alpha value is -3.35. The summed E-state index contributed by atoms with van der Waals surface area (Å²) in [6, 6.07) is 15.4. The number of rotatable bonds is 6. The normalized spacial score (nSPS) is 16.0. The number of oxime groups is 1. The van der Waals surface area contributed by atoms with Crippen molar-refractivity contribution in [3.8, 4) is 5.75 Å². The number of H-pyrrole nitrogens is 1. The number of carbonyl (C=O) groups excluding carboxylic acids is 1. The van der Waals surface area contributed by atoms with Crippen molar-refractivity contribution >= 4 is 22.7 Å². The minimum absolute atomic E-state index is 0.188. The van der Waals surface area contributed by atoms with Crippen molar-refractivity contribution in [1.29, 1.82) is 0 Å². The molecule has 0 saturated carbocycles. The molecule has 0 fully saturated rings. The Balaban J connectivity index is 1.29. The minimum atomic E-state index is -0.210. The molecule has 4 rings (SSSR count). The third-order valence-corrected chi connectivity index (χ3v) is 4.47. The summed E-state index contributed by atoms with van der Waals surface area (Å²) < 4.78 is 5.13. The lowest BCUT2D eigenvalue weighted by atomic mass is 10.1. The van der Waals surface area contributed by atoms with Gasteiger partial charge in [0.15, 0.2) is 0 Å². The largest absolute Gasteiger partial charge is 0.497 e. The second-order valence-corrected chi connectivity index (χ2v) is 6.41. The Morgan fingerprint density at radius 2 is 2.07 bits per heavy atom. The predicted molar refractivity (Wildman–Crippen MR) is 102 cm³/mol. The van der Waals surface area contributed by atoms with Crippen molar-refractivity contribution in [2.24, 2.45) is 5.16 Å². The van der Waals surface area contributed by atoms with Gasteiger partial charge in [-0.3, -0.25) is 4.79 Å². The predicted octanol–water partition coefficient (Wildman–Crippen LogP) is 2.58. The number of nitrogens with one attached hydrogen (secondary N) is 2. The quantitative estimate of drug-likeness (QED) is 0.704. The van der Waals surface area contributed by atoms with E-state index in [4.69, 9.17) is 9.57 Å². The fraction of sp³-hybridized carbons (Fsp3) is 0.250. The highest BCUT2D eigenvalue weighted by Crippen LogP contribution is 2.18. The fourth-order valence-corrected chi connectivity index (χ4v) is 3.02. The van der Waals surface area contributed by atoms with Gasteiger partial charge in [-0.1, -0.05) is 29.4 Å². The lowest BCUT2D eigenvalue weighted by Crippen LogP contribution is -2.30. The van der Waals surface area contributed by atoms with Crippen LogP contribution in [0, 0.1) is 0 Å². The summed E-state index contributed by atoms with van der Waals surface area (Å²) in [4.78, 5) is 25.5. The van der Waals surface area contributed by atoms with E-state index in [0.717, 1.165) is 28.2 Å². The van der Waals surface area contributed by atoms with Crippen LogP contribution >= 0.6 is 0 Å². The van der Waals surface area contributed by atoms with Crippen LogP contribution in [-0.4, -0.2) is 34.8 Å². The lowest BCUT2D eigenvalue weighted by molar-refractivity contribution is -0.115. The van der Waals surface area contributed by atoms with Crippen molar-refractivity contribution in [3.63, 3.8) is 0 Å². The summed E-state index contributed by atoms with van der Waals surface area (Å²) >= 11 is 0. The van der Waals surface area contributed by atoms with E-state index in [1.165, 1.54) is 0 Å². The van der Waals surface area contributed by atoms with Gasteiger partial charge in [0.25, 0.3) is 5.91 Å². The first kappa shape index (κ1) is 17.1. The third-order valence-electron chi connectivity index (χ3n) is 4.47. The van der Waals surface area contributed by atoms with E-state index >= 15 is 0 Å². The van der Waals surface area contributed by atoms with Gasteiger partial charge in [0.1, 0.15) is 23.4 Å². The molecule has 7 heteroatoms. The smallest absolute Gasteiger partial charge is 0.269 e. The Morgan fingerprint density at radius 1 is 1.26 bits per heavy atom. The Kier molecular flexibility index (Phi) is 4.74. The number of benzene rings is 2. The molecule has 0 aliphatic carbocycles. The molecule has 27 heavy (non-hydrogen) atoms. The molecule has 1 atom stereocenters. The first-order valence-electron chi connectivity index (χ1n) is 8.79. The number of nitrogens with zero attached hydrogens (tertiary/aromatic N) is 2. The maximum absolute atomic E-state index is 12.3. The zero-order valence-electron chi connectivity index (χ0n) is 14.9. The second kappa shape index (κ2) is 7.49. The van der Waals surface area contributed by atoms with Gasteiger partial charge in [-0.2, -0.15) is 0 Å². The van der Waals surface area contributed by atoms with Gasteiger partial charge in [-0.05, 0) is 29.8 Å². The van der Waals surface area contributed by atoms with Crippen molar-refractivity contribution in [2.75, 3.05) is 7.11 Å². The molecule has 1 aromatic heterocycles. The van der Waals surface area contributed by atoms with E-state index in [-0.39, 0.29) is 12.0 Å². The molecule has 0 spiro atoms. The van der Waals surface area contributed by atoms with Gasteiger partial charge in [0.05, 0.1) is 18.1 Å². The highest BCUT2D eigenvalue weighted by molar-refractivity contribution is 6.39. The fourth-order valence-electron chi connectivity index (χ4n) is 3.02.